The fourth-order valence-corrected chi connectivity index (χ4v) is 6.25. The zero-order chi connectivity index (χ0) is 12.7. The summed E-state index contributed by atoms with van der Waals surface area (Å²) in [6, 6.07) is 0. The van der Waals surface area contributed by atoms with Crippen molar-refractivity contribution in [1.29, 1.82) is 0 Å². The van der Waals surface area contributed by atoms with Gasteiger partial charge in [0.15, 0.2) is 8.32 Å². The summed E-state index contributed by atoms with van der Waals surface area (Å²) in [5.74, 6) is 0. The molecule has 0 heterocycles. The number of hydrogen-bond acceptors (Lipinski definition) is 1. The largest absolute Gasteiger partial charge is 1.00 e. The van der Waals surface area contributed by atoms with E-state index in [1.54, 1.807) is 0 Å². The molecule has 3 heteroatoms. The molecule has 0 aliphatic heterocycles. The van der Waals surface area contributed by atoms with E-state index in [0.29, 0.717) is 6.10 Å². The summed E-state index contributed by atoms with van der Waals surface area (Å²) in [5, 5.41) is 1.51. The van der Waals surface area contributed by atoms with E-state index < -0.39 is 8.32 Å². The normalized spacial score (nSPS) is 11.8. The minimum Gasteiger partial charge on any atom is -0.423 e. The maximum absolute atomic E-state index is 6.19. The summed E-state index contributed by atoms with van der Waals surface area (Å²) in [6.07, 6.45) is 0.316. The van der Waals surface area contributed by atoms with Crippen molar-refractivity contribution in [3.63, 3.8) is 0 Å². The van der Waals surface area contributed by atoms with Crippen LogP contribution in [0.25, 0.3) is 0 Å². The second-order valence-corrected chi connectivity index (χ2v) is 9.31. The van der Waals surface area contributed by atoms with E-state index in [-0.39, 0.29) is 51.4 Å². The summed E-state index contributed by atoms with van der Waals surface area (Å²) in [5.41, 5.74) is 5.79. The quantitative estimate of drug-likeness (QED) is 0.576. The molecule has 0 saturated carbocycles. The molecule has 0 N–H and O–H groups in total. The van der Waals surface area contributed by atoms with Gasteiger partial charge >= 0.3 is 51.4 Å². The standard InChI is InChI=1S/C14H25OSi.K/c1-9(2)15-16(7,8)14-12(5)10(3)11(4)13(14)6;/h9H,1-8H3;/q-1;+1. The van der Waals surface area contributed by atoms with Crippen LogP contribution in [0.5, 0.6) is 0 Å². The molecule has 1 rings (SSSR count). The Morgan fingerprint density at radius 2 is 1.29 bits per heavy atom. The first kappa shape index (κ1) is 18.2. The second kappa shape index (κ2) is 6.55. The first-order valence-electron chi connectivity index (χ1n) is 6.09. The topological polar surface area (TPSA) is 9.23 Å². The Hall–Kier alpha value is 1.16. The maximum Gasteiger partial charge on any atom is 1.00 e. The van der Waals surface area contributed by atoms with E-state index in [9.17, 15) is 0 Å². The van der Waals surface area contributed by atoms with E-state index in [0.717, 1.165) is 0 Å². The third-order valence-electron chi connectivity index (χ3n) is 3.57. The molecule has 0 aliphatic carbocycles. The van der Waals surface area contributed by atoms with Gasteiger partial charge in [0.2, 0.25) is 0 Å². The molecule has 17 heavy (non-hydrogen) atoms. The molecule has 1 nitrogen and oxygen atoms in total. The van der Waals surface area contributed by atoms with Gasteiger partial charge in [0, 0.05) is 6.10 Å². The summed E-state index contributed by atoms with van der Waals surface area (Å²) in [4.78, 5) is 0. The summed E-state index contributed by atoms with van der Waals surface area (Å²) < 4.78 is 6.19. The molecule has 0 atom stereocenters. The van der Waals surface area contributed by atoms with Crippen molar-refractivity contribution >= 4 is 13.5 Å². The van der Waals surface area contributed by atoms with Crippen LogP contribution in [0.3, 0.4) is 0 Å². The van der Waals surface area contributed by atoms with Gasteiger partial charge in [-0.05, 0) is 13.8 Å². The van der Waals surface area contributed by atoms with E-state index in [4.69, 9.17) is 4.43 Å². The van der Waals surface area contributed by atoms with Gasteiger partial charge in [-0.15, -0.1) is 5.19 Å². The van der Waals surface area contributed by atoms with E-state index in [1.165, 1.54) is 27.4 Å². The molecule has 0 aliphatic rings. The Bertz CT molecular complexity index is 366. The van der Waals surface area contributed by atoms with E-state index >= 15 is 0 Å². The van der Waals surface area contributed by atoms with Crippen molar-refractivity contribution in [2.45, 2.75) is 60.7 Å². The van der Waals surface area contributed by atoms with Crippen molar-refractivity contribution < 1.29 is 55.8 Å². The van der Waals surface area contributed by atoms with Gasteiger partial charge in [0.1, 0.15) is 0 Å². The molecule has 0 bridgehead atoms. The number of hydrogen-bond donors (Lipinski definition) is 0. The van der Waals surface area contributed by atoms with Gasteiger partial charge in [-0.3, -0.25) is 0 Å². The predicted molar refractivity (Wildman–Crippen MR) is 74.3 cm³/mol. The Kier molecular flexibility index (Phi) is 7.00. The molecule has 1 aromatic carbocycles. The van der Waals surface area contributed by atoms with E-state index in [2.05, 4.69) is 54.6 Å². The molecule has 0 radical (unpaired) electrons. The fraction of sp³-hybridized carbons (Fsp3) is 0.643. The second-order valence-electron chi connectivity index (χ2n) is 5.55. The van der Waals surface area contributed by atoms with Gasteiger partial charge < -0.3 is 4.43 Å². The minimum absolute atomic E-state index is 0. The van der Waals surface area contributed by atoms with Crippen LogP contribution in [0, 0.1) is 27.7 Å². The summed E-state index contributed by atoms with van der Waals surface area (Å²) >= 11 is 0. The van der Waals surface area contributed by atoms with Gasteiger partial charge in [0.25, 0.3) is 0 Å². The first-order valence-corrected chi connectivity index (χ1v) is 9.00. The molecular formula is C14H25KOSi. The molecule has 0 unspecified atom stereocenters. The van der Waals surface area contributed by atoms with Crippen LogP contribution < -0.4 is 56.6 Å². The van der Waals surface area contributed by atoms with Crippen molar-refractivity contribution in [3.8, 4) is 0 Å². The van der Waals surface area contributed by atoms with Gasteiger partial charge in [-0.25, -0.2) is 0 Å². The summed E-state index contributed by atoms with van der Waals surface area (Å²) in [7, 11) is -1.74. The van der Waals surface area contributed by atoms with Crippen molar-refractivity contribution in [3.05, 3.63) is 22.3 Å². The van der Waals surface area contributed by atoms with Crippen LogP contribution >= 0.6 is 0 Å². The van der Waals surface area contributed by atoms with E-state index in [1.807, 2.05) is 0 Å². The fourth-order valence-electron chi connectivity index (χ4n) is 2.77. The van der Waals surface area contributed by atoms with Crippen LogP contribution in [0.2, 0.25) is 13.1 Å². The van der Waals surface area contributed by atoms with Crippen LogP contribution in [0.1, 0.15) is 36.1 Å². The smallest absolute Gasteiger partial charge is 0.423 e. The van der Waals surface area contributed by atoms with Crippen LogP contribution in [0.4, 0.5) is 0 Å². The van der Waals surface area contributed by atoms with Crippen molar-refractivity contribution in [2.75, 3.05) is 0 Å². The van der Waals surface area contributed by atoms with Gasteiger partial charge in [0.05, 0.1) is 0 Å². The molecule has 0 aromatic heterocycles. The Balaban J connectivity index is 0.00000256. The zero-order valence-corrected chi connectivity index (χ0v) is 17.1. The Morgan fingerprint density at radius 1 is 0.941 bits per heavy atom. The molecule has 0 saturated heterocycles. The monoisotopic (exact) mass is 276 g/mol. The minimum atomic E-state index is -1.74. The predicted octanol–water partition coefficient (Wildman–Crippen LogP) is 0.480. The van der Waals surface area contributed by atoms with Crippen LogP contribution in [-0.2, 0) is 4.43 Å². The third-order valence-corrected chi connectivity index (χ3v) is 6.58. The third kappa shape index (κ3) is 3.81. The molecule has 0 amide bonds. The van der Waals surface area contributed by atoms with Gasteiger partial charge in [-0.1, -0.05) is 40.8 Å². The average molecular weight is 277 g/mol. The van der Waals surface area contributed by atoms with Crippen molar-refractivity contribution in [1.82, 2.24) is 0 Å². The Morgan fingerprint density at radius 3 is 1.59 bits per heavy atom. The summed E-state index contributed by atoms with van der Waals surface area (Å²) in [6.45, 7) is 17.8. The number of rotatable bonds is 3. The first-order chi connectivity index (χ1) is 7.18. The zero-order valence-electron chi connectivity index (χ0n) is 13.0. The molecule has 92 valence electrons. The van der Waals surface area contributed by atoms with Crippen molar-refractivity contribution in [2.24, 2.45) is 0 Å². The van der Waals surface area contributed by atoms with Crippen LogP contribution in [-0.4, -0.2) is 14.4 Å². The molecule has 1 aromatic rings. The molecule has 0 spiro atoms. The van der Waals surface area contributed by atoms with Crippen LogP contribution in [0.15, 0.2) is 0 Å². The Labute approximate surface area is 150 Å². The van der Waals surface area contributed by atoms with Gasteiger partial charge in [-0.2, -0.15) is 22.3 Å². The maximum atomic E-state index is 6.19. The SMILES string of the molecule is Cc1c(C)c(C)[c-]([Si](C)(C)OC(C)C)c1C.[K+]. The average Bonchev–Trinajstić information content (AvgIpc) is 2.29. The molecule has 0 fully saturated rings. The molecular weight excluding hydrogens is 251 g/mol.